The molecule has 0 bridgehead atoms. The number of fused-ring (bicyclic) bond motifs is 1. The highest BCUT2D eigenvalue weighted by atomic mass is 16.5. The first-order valence-electron chi connectivity index (χ1n) is 11.5. The quantitative estimate of drug-likeness (QED) is 0.284. The summed E-state index contributed by atoms with van der Waals surface area (Å²) in [6.07, 6.45) is 2.27. The number of aromatic nitrogens is 2. The van der Waals surface area contributed by atoms with E-state index in [0.717, 1.165) is 59.8 Å². The minimum atomic E-state index is 0.552. The summed E-state index contributed by atoms with van der Waals surface area (Å²) in [6, 6.07) is 24.3. The van der Waals surface area contributed by atoms with Crippen molar-refractivity contribution >= 4 is 39.7 Å². The molecular formula is C27H31N5O. The van der Waals surface area contributed by atoms with Gasteiger partial charge in [-0.05, 0) is 73.5 Å². The fourth-order valence-electron chi connectivity index (χ4n) is 3.83. The van der Waals surface area contributed by atoms with Crippen LogP contribution in [0.15, 0.2) is 72.8 Å². The van der Waals surface area contributed by atoms with Crippen LogP contribution < -0.4 is 20.3 Å². The zero-order chi connectivity index (χ0) is 23.0. The van der Waals surface area contributed by atoms with Gasteiger partial charge in [-0.15, -0.1) is 0 Å². The predicted octanol–water partition coefficient (Wildman–Crippen LogP) is 6.75. The normalized spacial score (nSPS) is 10.8. The van der Waals surface area contributed by atoms with Crippen LogP contribution in [0.2, 0.25) is 0 Å². The molecule has 0 amide bonds. The van der Waals surface area contributed by atoms with Crippen LogP contribution in [-0.4, -0.2) is 30.2 Å². The fourth-order valence-corrected chi connectivity index (χ4v) is 3.83. The Hall–Kier alpha value is -3.80. The van der Waals surface area contributed by atoms with Crippen molar-refractivity contribution < 1.29 is 4.74 Å². The Morgan fingerprint density at radius 2 is 1.39 bits per heavy atom. The van der Waals surface area contributed by atoms with E-state index in [-0.39, 0.29) is 0 Å². The summed E-state index contributed by atoms with van der Waals surface area (Å²) >= 11 is 0. The zero-order valence-corrected chi connectivity index (χ0v) is 19.5. The molecule has 0 atom stereocenters. The Balaban J connectivity index is 1.59. The highest BCUT2D eigenvalue weighted by Gasteiger charge is 2.10. The summed E-state index contributed by atoms with van der Waals surface area (Å²) in [5.41, 5.74) is 4.00. The lowest BCUT2D eigenvalue weighted by atomic mass is 10.2. The van der Waals surface area contributed by atoms with E-state index in [4.69, 9.17) is 14.7 Å². The van der Waals surface area contributed by atoms with E-state index in [2.05, 4.69) is 53.6 Å². The fraction of sp³-hybridized carbons (Fsp3) is 0.259. The lowest BCUT2D eigenvalue weighted by molar-refractivity contribution is 0.415. The number of ether oxygens (including phenoxy) is 1. The van der Waals surface area contributed by atoms with E-state index in [1.54, 1.807) is 7.11 Å². The minimum Gasteiger partial charge on any atom is -0.497 e. The second-order valence-electron chi connectivity index (χ2n) is 7.93. The van der Waals surface area contributed by atoms with Gasteiger partial charge in [0.25, 0.3) is 0 Å². The Labute approximate surface area is 195 Å². The van der Waals surface area contributed by atoms with Crippen LogP contribution in [0.5, 0.6) is 5.75 Å². The minimum absolute atomic E-state index is 0.552. The van der Waals surface area contributed by atoms with Gasteiger partial charge in [0, 0.05) is 35.5 Å². The van der Waals surface area contributed by atoms with Gasteiger partial charge in [0.2, 0.25) is 5.95 Å². The van der Waals surface area contributed by atoms with Gasteiger partial charge in [0.15, 0.2) is 0 Å². The molecule has 6 nitrogen and oxygen atoms in total. The molecule has 4 rings (SSSR count). The van der Waals surface area contributed by atoms with Crippen molar-refractivity contribution in [1.82, 2.24) is 9.97 Å². The van der Waals surface area contributed by atoms with Gasteiger partial charge < -0.3 is 20.3 Å². The maximum absolute atomic E-state index is 5.26. The molecule has 0 aliphatic carbocycles. The smallest absolute Gasteiger partial charge is 0.229 e. The Kier molecular flexibility index (Phi) is 7.25. The number of methoxy groups -OCH3 is 1. The third-order valence-electron chi connectivity index (χ3n) is 5.43. The van der Waals surface area contributed by atoms with Crippen molar-refractivity contribution in [2.45, 2.75) is 26.7 Å². The molecule has 3 aromatic carbocycles. The van der Waals surface area contributed by atoms with E-state index in [0.29, 0.717) is 5.95 Å². The van der Waals surface area contributed by atoms with Gasteiger partial charge in [-0.25, -0.2) is 4.98 Å². The van der Waals surface area contributed by atoms with Gasteiger partial charge in [-0.1, -0.05) is 26.0 Å². The molecule has 0 unspecified atom stereocenters. The van der Waals surface area contributed by atoms with E-state index in [1.807, 2.05) is 48.5 Å². The monoisotopic (exact) mass is 441 g/mol. The van der Waals surface area contributed by atoms with Gasteiger partial charge in [-0.3, -0.25) is 0 Å². The molecule has 170 valence electrons. The Morgan fingerprint density at radius 3 is 2.06 bits per heavy atom. The Bertz CT molecular complexity index is 1170. The van der Waals surface area contributed by atoms with Crippen LogP contribution in [0, 0.1) is 0 Å². The standard InChI is InChI=1S/C27H31N5O/c1-4-18-32(19-5-2)22-14-10-21(11-15-22)29-27-30-25-9-7-6-8-24(25)26(31-27)28-20-12-16-23(33-3)17-13-20/h6-17H,4-5,18-19H2,1-3H3,(H2,28,29,30,31). The molecule has 0 aliphatic rings. The highest BCUT2D eigenvalue weighted by Crippen LogP contribution is 2.28. The molecule has 0 fully saturated rings. The average molecular weight is 442 g/mol. The van der Waals surface area contributed by atoms with Gasteiger partial charge in [-0.2, -0.15) is 4.98 Å². The number of para-hydroxylation sites is 1. The summed E-state index contributed by atoms with van der Waals surface area (Å²) in [5, 5.41) is 7.76. The van der Waals surface area contributed by atoms with Crippen molar-refractivity contribution in [1.29, 1.82) is 0 Å². The largest absolute Gasteiger partial charge is 0.497 e. The van der Waals surface area contributed by atoms with E-state index >= 15 is 0 Å². The number of hydrogen-bond acceptors (Lipinski definition) is 6. The number of anilines is 5. The molecule has 0 aliphatic heterocycles. The number of nitrogens with zero attached hydrogens (tertiary/aromatic N) is 3. The van der Waals surface area contributed by atoms with E-state index in [9.17, 15) is 0 Å². The molecule has 2 N–H and O–H groups in total. The van der Waals surface area contributed by atoms with Gasteiger partial charge in [0.05, 0.1) is 12.6 Å². The van der Waals surface area contributed by atoms with Gasteiger partial charge in [0.1, 0.15) is 11.6 Å². The molecule has 33 heavy (non-hydrogen) atoms. The third-order valence-corrected chi connectivity index (χ3v) is 5.43. The molecule has 6 heteroatoms. The molecule has 0 saturated carbocycles. The van der Waals surface area contributed by atoms with Crippen LogP contribution >= 0.6 is 0 Å². The summed E-state index contributed by atoms with van der Waals surface area (Å²) < 4.78 is 5.26. The summed E-state index contributed by atoms with van der Waals surface area (Å²) in [7, 11) is 1.66. The first-order chi connectivity index (χ1) is 16.2. The SMILES string of the molecule is CCCN(CCC)c1ccc(Nc2nc(Nc3ccc(OC)cc3)c3ccccc3n2)cc1. The van der Waals surface area contributed by atoms with Crippen LogP contribution in [0.4, 0.5) is 28.8 Å². The number of benzene rings is 3. The van der Waals surface area contributed by atoms with Crippen molar-refractivity contribution in [3.8, 4) is 5.75 Å². The summed E-state index contributed by atoms with van der Waals surface area (Å²) in [5.74, 6) is 2.12. The summed E-state index contributed by atoms with van der Waals surface area (Å²) in [4.78, 5) is 11.9. The highest BCUT2D eigenvalue weighted by molar-refractivity contribution is 5.92. The Morgan fingerprint density at radius 1 is 0.758 bits per heavy atom. The van der Waals surface area contributed by atoms with Crippen LogP contribution in [0.3, 0.4) is 0 Å². The zero-order valence-electron chi connectivity index (χ0n) is 19.5. The van der Waals surface area contributed by atoms with Crippen LogP contribution in [0.1, 0.15) is 26.7 Å². The van der Waals surface area contributed by atoms with Crippen LogP contribution in [0.25, 0.3) is 10.9 Å². The van der Waals surface area contributed by atoms with Crippen molar-refractivity contribution in [3.63, 3.8) is 0 Å². The topological polar surface area (TPSA) is 62.3 Å². The van der Waals surface area contributed by atoms with E-state index in [1.165, 1.54) is 5.69 Å². The number of hydrogen-bond donors (Lipinski definition) is 2. The molecular weight excluding hydrogens is 410 g/mol. The van der Waals surface area contributed by atoms with Crippen molar-refractivity contribution in [3.05, 3.63) is 72.8 Å². The first-order valence-corrected chi connectivity index (χ1v) is 11.5. The van der Waals surface area contributed by atoms with E-state index < -0.39 is 0 Å². The van der Waals surface area contributed by atoms with Crippen molar-refractivity contribution in [2.75, 3.05) is 35.7 Å². The van der Waals surface area contributed by atoms with Crippen molar-refractivity contribution in [2.24, 2.45) is 0 Å². The average Bonchev–Trinajstić information content (AvgIpc) is 2.85. The maximum Gasteiger partial charge on any atom is 0.229 e. The predicted molar refractivity (Wildman–Crippen MR) is 138 cm³/mol. The second kappa shape index (κ2) is 10.7. The van der Waals surface area contributed by atoms with Gasteiger partial charge >= 0.3 is 0 Å². The third kappa shape index (κ3) is 5.52. The summed E-state index contributed by atoms with van der Waals surface area (Å²) in [6.45, 7) is 6.56. The lowest BCUT2D eigenvalue weighted by Gasteiger charge is -2.24. The first kappa shape index (κ1) is 22.4. The molecule has 4 aromatic rings. The van der Waals surface area contributed by atoms with Crippen LogP contribution in [-0.2, 0) is 0 Å². The molecule has 1 heterocycles. The second-order valence-corrected chi connectivity index (χ2v) is 7.93. The lowest BCUT2D eigenvalue weighted by Crippen LogP contribution is -2.24. The molecule has 1 aromatic heterocycles. The maximum atomic E-state index is 5.26. The number of nitrogens with one attached hydrogen (secondary N) is 2. The number of rotatable bonds is 10. The molecule has 0 radical (unpaired) electrons. The molecule has 0 spiro atoms. The molecule has 0 saturated heterocycles.